The molecule has 1 amide bonds. The maximum absolute atomic E-state index is 12.0. The second-order valence-electron chi connectivity index (χ2n) is 6.21. The van der Waals surface area contributed by atoms with Gasteiger partial charge in [-0.2, -0.15) is 0 Å². The lowest BCUT2D eigenvalue weighted by Gasteiger charge is -2.43. The third-order valence-corrected chi connectivity index (χ3v) is 4.48. The summed E-state index contributed by atoms with van der Waals surface area (Å²) in [4.78, 5) is 13.9. The number of hydrogen-bond donors (Lipinski definition) is 0. The summed E-state index contributed by atoms with van der Waals surface area (Å²) in [6.07, 6.45) is 0.585. The van der Waals surface area contributed by atoms with Gasteiger partial charge in [0.2, 0.25) is 5.91 Å². The predicted molar refractivity (Wildman–Crippen MR) is 94.1 cm³/mol. The van der Waals surface area contributed by atoms with Gasteiger partial charge in [0.15, 0.2) is 0 Å². The van der Waals surface area contributed by atoms with Crippen LogP contribution in [0, 0.1) is 5.92 Å². The molecule has 0 unspecified atom stereocenters. The van der Waals surface area contributed by atoms with Crippen molar-refractivity contribution in [1.82, 2.24) is 0 Å². The quantitative estimate of drug-likeness (QED) is 0.729. The molecule has 1 aliphatic heterocycles. The zero-order chi connectivity index (χ0) is 16.9. The van der Waals surface area contributed by atoms with Crippen molar-refractivity contribution in [2.75, 3.05) is 18.6 Å². The molecule has 126 valence electrons. The minimum Gasteiger partial charge on any atom is -0.497 e. The number of carbonyl (C=O) groups is 1. The van der Waals surface area contributed by atoms with E-state index in [-0.39, 0.29) is 17.9 Å². The molecule has 0 spiro atoms. The van der Waals surface area contributed by atoms with Crippen LogP contribution in [0.5, 0.6) is 5.75 Å². The third-order valence-electron chi connectivity index (χ3n) is 4.48. The lowest BCUT2D eigenvalue weighted by atomic mass is 9.89. The molecule has 0 bridgehead atoms. The summed E-state index contributed by atoms with van der Waals surface area (Å²) >= 11 is 0. The molecule has 1 fully saturated rings. The largest absolute Gasteiger partial charge is 0.497 e. The molecule has 2 atom stereocenters. The summed E-state index contributed by atoms with van der Waals surface area (Å²) in [5.74, 6) is 1.25. The first-order chi connectivity index (χ1) is 11.7. The number of benzene rings is 2. The van der Waals surface area contributed by atoms with E-state index in [0.717, 1.165) is 11.4 Å². The van der Waals surface area contributed by atoms with Crippen LogP contribution in [0.4, 0.5) is 5.69 Å². The first-order valence-electron chi connectivity index (χ1n) is 8.27. The Morgan fingerprint density at radius 3 is 2.46 bits per heavy atom. The molecule has 0 aliphatic carbocycles. The lowest BCUT2D eigenvalue weighted by molar-refractivity contribution is -0.125. The number of methoxy groups -OCH3 is 1. The minimum absolute atomic E-state index is 0.167. The molecule has 0 N–H and O–H groups in total. The Bertz CT molecular complexity index is 669. The van der Waals surface area contributed by atoms with E-state index in [1.807, 2.05) is 47.4 Å². The van der Waals surface area contributed by atoms with Gasteiger partial charge in [0.05, 0.1) is 26.4 Å². The van der Waals surface area contributed by atoms with Crippen molar-refractivity contribution in [1.29, 1.82) is 0 Å². The van der Waals surface area contributed by atoms with E-state index in [9.17, 15) is 4.79 Å². The molecule has 0 saturated carbocycles. The van der Waals surface area contributed by atoms with Gasteiger partial charge in [0.1, 0.15) is 5.75 Å². The monoisotopic (exact) mass is 325 g/mol. The normalized spacial score (nSPS) is 18.2. The summed E-state index contributed by atoms with van der Waals surface area (Å²) < 4.78 is 11.0. The fourth-order valence-corrected chi connectivity index (χ4v) is 3.02. The number of rotatable bonds is 7. The smallest absolute Gasteiger partial charge is 0.229 e. The van der Waals surface area contributed by atoms with Crippen molar-refractivity contribution in [3.63, 3.8) is 0 Å². The van der Waals surface area contributed by atoms with E-state index in [1.165, 1.54) is 5.56 Å². The Balaban J connectivity index is 1.56. The minimum atomic E-state index is 0.167. The van der Waals surface area contributed by atoms with Crippen molar-refractivity contribution < 1.29 is 14.3 Å². The van der Waals surface area contributed by atoms with E-state index in [4.69, 9.17) is 9.47 Å². The van der Waals surface area contributed by atoms with Gasteiger partial charge >= 0.3 is 0 Å². The summed E-state index contributed by atoms with van der Waals surface area (Å²) in [6, 6.07) is 18.0. The van der Waals surface area contributed by atoms with E-state index in [0.29, 0.717) is 19.6 Å². The van der Waals surface area contributed by atoms with Gasteiger partial charge in [-0.1, -0.05) is 37.3 Å². The zero-order valence-electron chi connectivity index (χ0n) is 14.1. The Kier molecular flexibility index (Phi) is 5.16. The second-order valence-corrected chi connectivity index (χ2v) is 6.21. The molecule has 2 aromatic carbocycles. The first kappa shape index (κ1) is 16.5. The van der Waals surface area contributed by atoms with Gasteiger partial charge in [-0.15, -0.1) is 0 Å². The highest BCUT2D eigenvalue weighted by molar-refractivity contribution is 6.00. The van der Waals surface area contributed by atoms with Crippen LogP contribution >= 0.6 is 0 Å². The van der Waals surface area contributed by atoms with Crippen LogP contribution in [0.25, 0.3) is 0 Å². The highest BCUT2D eigenvalue weighted by atomic mass is 16.5. The molecule has 1 saturated heterocycles. The third kappa shape index (κ3) is 3.60. The number of ether oxygens (including phenoxy) is 2. The van der Waals surface area contributed by atoms with Crippen LogP contribution in [0.3, 0.4) is 0 Å². The molecule has 0 aromatic heterocycles. The van der Waals surface area contributed by atoms with Crippen molar-refractivity contribution in [2.24, 2.45) is 5.92 Å². The van der Waals surface area contributed by atoms with E-state index >= 15 is 0 Å². The number of nitrogens with zero attached hydrogens (tertiary/aromatic N) is 1. The topological polar surface area (TPSA) is 38.8 Å². The number of amides is 1. The number of carbonyl (C=O) groups excluding carboxylic acids is 1. The predicted octanol–water partition coefficient (Wildman–Crippen LogP) is 3.65. The molecule has 1 aliphatic rings. The SMILES string of the molecule is COc1ccc(N2C(=O)C[C@@H]2[C@@H](C)COCc2ccccc2)cc1. The highest BCUT2D eigenvalue weighted by Crippen LogP contribution is 2.33. The van der Waals surface area contributed by atoms with Gasteiger partial charge in [-0.3, -0.25) is 4.79 Å². The maximum atomic E-state index is 12.0. The Morgan fingerprint density at radius 1 is 1.12 bits per heavy atom. The summed E-state index contributed by atoms with van der Waals surface area (Å²) in [5.41, 5.74) is 2.09. The van der Waals surface area contributed by atoms with Gasteiger partial charge < -0.3 is 14.4 Å². The Labute approximate surface area is 143 Å². The average molecular weight is 325 g/mol. The van der Waals surface area contributed by atoms with Gasteiger partial charge in [0.25, 0.3) is 0 Å². The maximum Gasteiger partial charge on any atom is 0.229 e. The Morgan fingerprint density at radius 2 is 1.83 bits per heavy atom. The van der Waals surface area contributed by atoms with Crippen LogP contribution in [-0.2, 0) is 16.1 Å². The molecule has 3 rings (SSSR count). The van der Waals surface area contributed by atoms with Crippen molar-refractivity contribution in [2.45, 2.75) is 26.0 Å². The van der Waals surface area contributed by atoms with E-state index < -0.39 is 0 Å². The summed E-state index contributed by atoms with van der Waals surface area (Å²) in [6.45, 7) is 3.38. The molecule has 4 heteroatoms. The highest BCUT2D eigenvalue weighted by Gasteiger charge is 2.40. The van der Waals surface area contributed by atoms with Crippen molar-refractivity contribution in [3.8, 4) is 5.75 Å². The van der Waals surface area contributed by atoms with Crippen molar-refractivity contribution >= 4 is 11.6 Å². The summed E-state index contributed by atoms with van der Waals surface area (Å²) in [5, 5.41) is 0. The fourth-order valence-electron chi connectivity index (χ4n) is 3.02. The number of anilines is 1. The Hall–Kier alpha value is -2.33. The standard InChI is InChI=1S/C20H23NO3/c1-15(13-24-14-16-6-4-3-5-7-16)19-12-20(22)21(19)17-8-10-18(23-2)11-9-17/h3-11,15,19H,12-14H2,1-2H3/t15-,19+/m0/s1. The number of hydrogen-bond acceptors (Lipinski definition) is 3. The van der Waals surface area contributed by atoms with Gasteiger partial charge in [-0.25, -0.2) is 0 Å². The van der Waals surface area contributed by atoms with Gasteiger partial charge in [-0.05, 0) is 29.8 Å². The van der Waals surface area contributed by atoms with Gasteiger partial charge in [0, 0.05) is 18.0 Å². The first-order valence-corrected chi connectivity index (χ1v) is 8.27. The van der Waals surface area contributed by atoms with Crippen LogP contribution in [-0.4, -0.2) is 25.7 Å². The molecule has 4 nitrogen and oxygen atoms in total. The molecule has 2 aromatic rings. The molecule has 1 heterocycles. The van der Waals surface area contributed by atoms with Crippen molar-refractivity contribution in [3.05, 3.63) is 60.2 Å². The van der Waals surface area contributed by atoms with Crippen LogP contribution in [0.1, 0.15) is 18.9 Å². The van der Waals surface area contributed by atoms with Crippen LogP contribution in [0.15, 0.2) is 54.6 Å². The van der Waals surface area contributed by atoms with Crippen LogP contribution < -0.4 is 9.64 Å². The number of β-lactam (4-membered cyclic amide) rings is 1. The molecule has 24 heavy (non-hydrogen) atoms. The second kappa shape index (κ2) is 7.49. The summed E-state index contributed by atoms with van der Waals surface area (Å²) in [7, 11) is 1.64. The molecular weight excluding hydrogens is 302 g/mol. The lowest BCUT2D eigenvalue weighted by Crippen LogP contribution is -2.56. The van der Waals surface area contributed by atoms with E-state index in [2.05, 4.69) is 19.1 Å². The average Bonchev–Trinajstić information content (AvgIpc) is 2.61. The van der Waals surface area contributed by atoms with Crippen LogP contribution in [0.2, 0.25) is 0 Å². The fraction of sp³-hybridized carbons (Fsp3) is 0.350. The molecular formula is C20H23NO3. The van der Waals surface area contributed by atoms with E-state index in [1.54, 1.807) is 7.11 Å². The zero-order valence-corrected chi connectivity index (χ0v) is 14.1. The molecule has 0 radical (unpaired) electrons.